The lowest BCUT2D eigenvalue weighted by Gasteiger charge is -1.96. The van der Waals surface area contributed by atoms with Crippen LogP contribution in [0.3, 0.4) is 0 Å². The lowest BCUT2D eigenvalue weighted by atomic mass is 9.97. The third-order valence-electron chi connectivity index (χ3n) is 1.24. The van der Waals surface area contributed by atoms with E-state index in [1.165, 1.54) is 12.1 Å². The lowest BCUT2D eigenvalue weighted by molar-refractivity contribution is 0.576. The Morgan fingerprint density at radius 3 is 2.50 bits per heavy atom. The highest BCUT2D eigenvalue weighted by molar-refractivity contribution is 6.08. The van der Waals surface area contributed by atoms with Gasteiger partial charge in [0.15, 0.2) is 0 Å². The maximum absolute atomic E-state index is 12.5. The third-order valence-corrected chi connectivity index (χ3v) is 1.24. The van der Waals surface area contributed by atoms with Crippen molar-refractivity contribution in [2.24, 2.45) is 0 Å². The molecule has 2 radical (unpaired) electrons. The Bertz CT molecular complexity index is 235. The van der Waals surface area contributed by atoms with Crippen LogP contribution in [0.1, 0.15) is 5.56 Å². The zero-order valence-electron chi connectivity index (χ0n) is 5.27. The maximum atomic E-state index is 12.5. The van der Waals surface area contributed by atoms with E-state index in [1.807, 2.05) is 0 Å². The molecule has 10 heavy (non-hydrogen) atoms. The largest absolute Gasteiger partial charge is 0.207 e. The fourth-order valence-electron chi connectivity index (χ4n) is 0.687. The van der Waals surface area contributed by atoms with E-state index in [9.17, 15) is 8.78 Å². The molecule has 0 aromatic heterocycles. The van der Waals surface area contributed by atoms with Gasteiger partial charge in [-0.1, -0.05) is 12.4 Å². The van der Waals surface area contributed by atoms with Gasteiger partial charge < -0.3 is 0 Å². The summed E-state index contributed by atoms with van der Waals surface area (Å²) in [5.74, 6) is -1.16. The van der Waals surface area contributed by atoms with Crippen molar-refractivity contribution in [2.75, 3.05) is 0 Å². The fourth-order valence-corrected chi connectivity index (χ4v) is 0.687. The summed E-state index contributed by atoms with van der Waals surface area (Å²) in [4.78, 5) is 0. The minimum Gasteiger partial charge on any atom is -0.207 e. The summed E-state index contributed by atoms with van der Waals surface area (Å²) in [6.07, 6.45) is 0.103. The van der Waals surface area contributed by atoms with Crippen molar-refractivity contribution in [2.45, 2.75) is 6.32 Å². The molecular weight excluding hydrogens is 133 g/mol. The molecule has 0 aliphatic heterocycles. The average Bonchev–Trinajstić information content (AvgIpc) is 1.88. The van der Waals surface area contributed by atoms with Crippen LogP contribution in [0, 0.1) is 11.6 Å². The van der Waals surface area contributed by atoms with E-state index in [4.69, 9.17) is 7.85 Å². The quantitative estimate of drug-likeness (QED) is 0.517. The summed E-state index contributed by atoms with van der Waals surface area (Å²) >= 11 is 0. The normalized spacial score (nSPS) is 9.80. The standard InChI is InChI=1S/C7H5BF2/c8-4-5-1-2-6(9)3-7(5)10/h1-3H,4H2. The van der Waals surface area contributed by atoms with Crippen LogP contribution < -0.4 is 0 Å². The van der Waals surface area contributed by atoms with Gasteiger partial charge >= 0.3 is 0 Å². The third kappa shape index (κ3) is 1.35. The van der Waals surface area contributed by atoms with Gasteiger partial charge in [0.25, 0.3) is 0 Å². The van der Waals surface area contributed by atoms with Crippen LogP contribution in [-0.4, -0.2) is 7.85 Å². The number of benzene rings is 1. The highest BCUT2D eigenvalue weighted by Gasteiger charge is 1.99. The van der Waals surface area contributed by atoms with Gasteiger partial charge in [-0.25, -0.2) is 8.78 Å². The molecule has 0 spiro atoms. The monoisotopic (exact) mass is 138 g/mol. The highest BCUT2D eigenvalue weighted by atomic mass is 19.1. The van der Waals surface area contributed by atoms with Gasteiger partial charge in [0.05, 0.1) is 7.85 Å². The Hall–Kier alpha value is -0.855. The van der Waals surface area contributed by atoms with Crippen molar-refractivity contribution in [3.05, 3.63) is 35.4 Å². The SMILES string of the molecule is [B]Cc1ccc(F)cc1F. The van der Waals surface area contributed by atoms with E-state index in [2.05, 4.69) is 0 Å². The summed E-state index contributed by atoms with van der Waals surface area (Å²) in [5.41, 5.74) is 0.335. The summed E-state index contributed by atoms with van der Waals surface area (Å²) in [6, 6.07) is 3.35. The van der Waals surface area contributed by atoms with E-state index in [1.54, 1.807) is 0 Å². The fraction of sp³-hybridized carbons (Fsp3) is 0.143. The first-order chi connectivity index (χ1) is 4.74. The van der Waals surface area contributed by atoms with Crippen molar-refractivity contribution >= 4 is 7.85 Å². The summed E-state index contributed by atoms with van der Waals surface area (Å²) in [6.45, 7) is 0. The first kappa shape index (κ1) is 7.25. The Morgan fingerprint density at radius 2 is 2.00 bits per heavy atom. The molecule has 0 nitrogen and oxygen atoms in total. The number of hydrogen-bond donors (Lipinski definition) is 0. The van der Waals surface area contributed by atoms with Crippen molar-refractivity contribution in [1.82, 2.24) is 0 Å². The zero-order chi connectivity index (χ0) is 7.56. The first-order valence-electron chi connectivity index (χ1n) is 2.88. The van der Waals surface area contributed by atoms with Gasteiger partial charge in [-0.2, -0.15) is 0 Å². The van der Waals surface area contributed by atoms with E-state index in [0.29, 0.717) is 5.56 Å². The summed E-state index contributed by atoms with van der Waals surface area (Å²) in [5, 5.41) is 0. The van der Waals surface area contributed by atoms with Gasteiger partial charge in [-0.3, -0.25) is 0 Å². The molecule has 0 aliphatic carbocycles. The molecule has 1 aromatic rings. The van der Waals surface area contributed by atoms with Gasteiger partial charge in [-0.05, 0) is 11.6 Å². The van der Waals surface area contributed by atoms with Crippen molar-refractivity contribution in [3.8, 4) is 0 Å². The average molecular weight is 138 g/mol. The predicted octanol–water partition coefficient (Wildman–Crippen LogP) is 1.63. The molecule has 0 bridgehead atoms. The van der Waals surface area contributed by atoms with Crippen LogP contribution in [0.15, 0.2) is 18.2 Å². The second kappa shape index (κ2) is 2.82. The molecule has 0 heterocycles. The van der Waals surface area contributed by atoms with Gasteiger partial charge in [0.2, 0.25) is 0 Å². The minimum absolute atomic E-state index is 0.103. The lowest BCUT2D eigenvalue weighted by Crippen LogP contribution is -1.90. The van der Waals surface area contributed by atoms with E-state index >= 15 is 0 Å². The van der Waals surface area contributed by atoms with Crippen LogP contribution in [-0.2, 0) is 6.32 Å². The molecule has 3 heteroatoms. The van der Waals surface area contributed by atoms with Crippen LogP contribution in [0.2, 0.25) is 0 Å². The maximum Gasteiger partial charge on any atom is 0.128 e. The molecular formula is C7H5BF2. The predicted molar refractivity (Wildman–Crippen MR) is 35.8 cm³/mol. The zero-order valence-corrected chi connectivity index (χ0v) is 5.27. The Morgan fingerprint density at radius 1 is 1.30 bits per heavy atom. The van der Waals surface area contributed by atoms with Crippen molar-refractivity contribution < 1.29 is 8.78 Å². The van der Waals surface area contributed by atoms with E-state index in [-0.39, 0.29) is 6.32 Å². The first-order valence-corrected chi connectivity index (χ1v) is 2.88. The molecule has 50 valence electrons. The topological polar surface area (TPSA) is 0 Å². The smallest absolute Gasteiger partial charge is 0.128 e. The second-order valence-electron chi connectivity index (χ2n) is 1.94. The van der Waals surface area contributed by atoms with Gasteiger partial charge in [-0.15, -0.1) is 0 Å². The van der Waals surface area contributed by atoms with Crippen LogP contribution in [0.25, 0.3) is 0 Å². The van der Waals surface area contributed by atoms with Gasteiger partial charge in [0.1, 0.15) is 11.6 Å². The van der Waals surface area contributed by atoms with E-state index in [0.717, 1.165) is 6.07 Å². The molecule has 0 saturated carbocycles. The molecule has 0 unspecified atom stereocenters. The van der Waals surface area contributed by atoms with Crippen LogP contribution in [0.5, 0.6) is 0 Å². The molecule has 1 aromatic carbocycles. The molecule has 0 amide bonds. The Kier molecular flexibility index (Phi) is 2.04. The van der Waals surface area contributed by atoms with Gasteiger partial charge in [0, 0.05) is 6.07 Å². The van der Waals surface area contributed by atoms with Crippen molar-refractivity contribution in [3.63, 3.8) is 0 Å². The van der Waals surface area contributed by atoms with Crippen LogP contribution in [0.4, 0.5) is 8.78 Å². The number of halogens is 2. The number of rotatable bonds is 1. The minimum atomic E-state index is -0.581. The Balaban J connectivity index is 3.07. The van der Waals surface area contributed by atoms with Crippen molar-refractivity contribution in [1.29, 1.82) is 0 Å². The summed E-state index contributed by atoms with van der Waals surface area (Å²) in [7, 11) is 5.14. The number of hydrogen-bond acceptors (Lipinski definition) is 0. The molecule has 0 saturated heterocycles. The van der Waals surface area contributed by atoms with E-state index < -0.39 is 11.6 Å². The molecule has 0 aliphatic rings. The Labute approximate surface area is 59.3 Å². The van der Waals surface area contributed by atoms with Crippen LogP contribution >= 0.6 is 0 Å². The molecule has 0 N–H and O–H groups in total. The highest BCUT2D eigenvalue weighted by Crippen LogP contribution is 2.08. The molecule has 1 rings (SSSR count). The molecule has 0 atom stereocenters. The second-order valence-corrected chi connectivity index (χ2v) is 1.94. The summed E-state index contributed by atoms with van der Waals surface area (Å²) < 4.78 is 24.7. The molecule has 0 fully saturated rings.